The molecular weight excluding hydrogens is 272 g/mol. The molecule has 20 heavy (non-hydrogen) atoms. The second-order valence-corrected chi connectivity index (χ2v) is 5.22. The monoisotopic (exact) mass is 294 g/mol. The first-order valence-corrected chi connectivity index (χ1v) is 8.01. The Kier molecular flexibility index (Phi) is 5.72. The van der Waals surface area contributed by atoms with Gasteiger partial charge in [-0.2, -0.15) is 0 Å². The van der Waals surface area contributed by atoms with Gasteiger partial charge in [0.25, 0.3) is 0 Å². The van der Waals surface area contributed by atoms with Gasteiger partial charge in [-0.15, -0.1) is 11.6 Å². The molecule has 0 unspecified atom stereocenters. The van der Waals surface area contributed by atoms with Crippen LogP contribution in [0.2, 0.25) is 0 Å². The van der Waals surface area contributed by atoms with Crippen molar-refractivity contribution < 1.29 is 4.74 Å². The first-order chi connectivity index (χ1) is 9.80. The van der Waals surface area contributed by atoms with Crippen LogP contribution in [0.3, 0.4) is 0 Å². The van der Waals surface area contributed by atoms with Gasteiger partial charge < -0.3 is 9.30 Å². The van der Waals surface area contributed by atoms with Crippen LogP contribution in [0.4, 0.5) is 0 Å². The first-order valence-electron chi connectivity index (χ1n) is 7.48. The van der Waals surface area contributed by atoms with E-state index in [-0.39, 0.29) is 0 Å². The number of unbranched alkanes of at least 4 members (excludes halogenated alkanes) is 3. The highest BCUT2D eigenvalue weighted by atomic mass is 35.5. The molecular formula is C16H23ClN2O. The van der Waals surface area contributed by atoms with E-state index in [2.05, 4.69) is 22.5 Å². The van der Waals surface area contributed by atoms with Crippen LogP contribution in [0.5, 0.6) is 5.75 Å². The highest BCUT2D eigenvalue weighted by Gasteiger charge is 2.10. The molecule has 0 spiro atoms. The van der Waals surface area contributed by atoms with Gasteiger partial charge in [0.15, 0.2) is 0 Å². The van der Waals surface area contributed by atoms with Gasteiger partial charge >= 0.3 is 0 Å². The van der Waals surface area contributed by atoms with Crippen LogP contribution in [0.15, 0.2) is 18.2 Å². The lowest BCUT2D eigenvalue weighted by Crippen LogP contribution is -2.02. The third kappa shape index (κ3) is 3.45. The highest BCUT2D eigenvalue weighted by Crippen LogP contribution is 2.23. The number of nitrogens with zero attached hydrogens (tertiary/aromatic N) is 2. The van der Waals surface area contributed by atoms with Crippen molar-refractivity contribution in [2.75, 3.05) is 6.61 Å². The minimum Gasteiger partial charge on any atom is -0.494 e. The molecule has 0 fully saturated rings. The first kappa shape index (κ1) is 15.2. The number of benzene rings is 1. The maximum absolute atomic E-state index is 6.03. The van der Waals surface area contributed by atoms with Crippen molar-refractivity contribution in [1.82, 2.24) is 9.55 Å². The van der Waals surface area contributed by atoms with Crippen molar-refractivity contribution in [2.45, 2.75) is 52.0 Å². The van der Waals surface area contributed by atoms with Crippen molar-refractivity contribution in [3.63, 3.8) is 0 Å². The number of halogens is 1. The van der Waals surface area contributed by atoms with E-state index in [1.54, 1.807) is 0 Å². The summed E-state index contributed by atoms with van der Waals surface area (Å²) in [5.41, 5.74) is 2.13. The second kappa shape index (κ2) is 7.53. The molecule has 1 heterocycles. The Morgan fingerprint density at radius 1 is 1.20 bits per heavy atom. The van der Waals surface area contributed by atoms with Crippen molar-refractivity contribution in [3.05, 3.63) is 24.0 Å². The van der Waals surface area contributed by atoms with E-state index in [4.69, 9.17) is 16.3 Å². The lowest BCUT2D eigenvalue weighted by atomic mass is 10.2. The number of imidazole rings is 1. The predicted octanol–water partition coefficient (Wildman–Crippen LogP) is 4.75. The van der Waals surface area contributed by atoms with Crippen LogP contribution in [0.1, 0.15) is 45.4 Å². The molecule has 0 saturated carbocycles. The number of aromatic nitrogens is 2. The smallest absolute Gasteiger partial charge is 0.124 e. The Labute approximate surface area is 125 Å². The van der Waals surface area contributed by atoms with Gasteiger partial charge in [0.1, 0.15) is 11.6 Å². The summed E-state index contributed by atoms with van der Waals surface area (Å²) in [7, 11) is 0. The molecule has 2 rings (SSSR count). The molecule has 0 aliphatic rings. The van der Waals surface area contributed by atoms with Crippen LogP contribution < -0.4 is 4.74 Å². The fraction of sp³-hybridized carbons (Fsp3) is 0.562. The standard InChI is InChI=1S/C16H23ClN2O/c1-3-5-6-7-10-19-15-9-8-13(20-4-2)11-14(15)18-16(19)12-17/h8-9,11H,3-7,10,12H2,1-2H3. The SMILES string of the molecule is CCCCCCn1c(CCl)nc2cc(OCC)ccc21. The van der Waals surface area contributed by atoms with Crippen molar-refractivity contribution >= 4 is 22.6 Å². The molecule has 2 aromatic rings. The van der Waals surface area contributed by atoms with E-state index in [1.165, 1.54) is 25.7 Å². The average Bonchev–Trinajstić information content (AvgIpc) is 2.81. The molecule has 4 heteroatoms. The molecule has 110 valence electrons. The molecule has 0 N–H and O–H groups in total. The summed E-state index contributed by atoms with van der Waals surface area (Å²) >= 11 is 6.03. The van der Waals surface area contributed by atoms with Gasteiger partial charge in [0, 0.05) is 12.6 Å². The summed E-state index contributed by atoms with van der Waals surface area (Å²) < 4.78 is 7.77. The fourth-order valence-corrected chi connectivity index (χ4v) is 2.67. The lowest BCUT2D eigenvalue weighted by Gasteiger charge is -2.08. The molecule has 3 nitrogen and oxygen atoms in total. The third-order valence-electron chi connectivity index (χ3n) is 3.46. The summed E-state index contributed by atoms with van der Waals surface area (Å²) in [6.07, 6.45) is 4.98. The Balaban J connectivity index is 2.22. The van der Waals surface area contributed by atoms with Crippen molar-refractivity contribution in [2.24, 2.45) is 0 Å². The molecule has 0 amide bonds. The average molecular weight is 295 g/mol. The summed E-state index contributed by atoms with van der Waals surface area (Å²) in [6, 6.07) is 6.09. The minimum atomic E-state index is 0.451. The fourth-order valence-electron chi connectivity index (χ4n) is 2.46. The normalized spacial score (nSPS) is 11.2. The predicted molar refractivity (Wildman–Crippen MR) is 84.6 cm³/mol. The van der Waals surface area contributed by atoms with E-state index in [1.807, 2.05) is 19.1 Å². The molecule has 0 aliphatic carbocycles. The Morgan fingerprint density at radius 3 is 2.75 bits per heavy atom. The minimum absolute atomic E-state index is 0.451. The number of fused-ring (bicyclic) bond motifs is 1. The Hall–Kier alpha value is -1.22. The van der Waals surface area contributed by atoms with E-state index in [0.29, 0.717) is 12.5 Å². The van der Waals surface area contributed by atoms with Crippen LogP contribution in [-0.4, -0.2) is 16.2 Å². The van der Waals surface area contributed by atoms with Crippen LogP contribution in [0.25, 0.3) is 11.0 Å². The van der Waals surface area contributed by atoms with E-state index >= 15 is 0 Å². The summed E-state index contributed by atoms with van der Waals surface area (Å²) in [6.45, 7) is 5.88. The molecule has 0 aliphatic heterocycles. The number of hydrogen-bond donors (Lipinski definition) is 0. The quantitative estimate of drug-likeness (QED) is 0.519. The van der Waals surface area contributed by atoms with Crippen LogP contribution in [0, 0.1) is 0 Å². The molecule has 0 saturated heterocycles. The van der Waals surface area contributed by atoms with Crippen molar-refractivity contribution in [1.29, 1.82) is 0 Å². The van der Waals surface area contributed by atoms with E-state index in [9.17, 15) is 0 Å². The zero-order valence-corrected chi connectivity index (χ0v) is 13.1. The number of alkyl halides is 1. The van der Waals surface area contributed by atoms with E-state index in [0.717, 1.165) is 29.2 Å². The lowest BCUT2D eigenvalue weighted by molar-refractivity contribution is 0.340. The molecule has 1 aromatic heterocycles. The molecule has 1 aromatic carbocycles. The van der Waals surface area contributed by atoms with Gasteiger partial charge in [0.05, 0.1) is 23.5 Å². The second-order valence-electron chi connectivity index (χ2n) is 4.96. The zero-order valence-electron chi connectivity index (χ0n) is 12.4. The molecule has 0 atom stereocenters. The van der Waals surface area contributed by atoms with Gasteiger partial charge in [-0.05, 0) is 25.5 Å². The van der Waals surface area contributed by atoms with E-state index < -0.39 is 0 Å². The Bertz CT molecular complexity index is 551. The summed E-state index contributed by atoms with van der Waals surface area (Å²) in [4.78, 5) is 4.62. The number of aryl methyl sites for hydroxylation is 1. The van der Waals surface area contributed by atoms with Gasteiger partial charge in [-0.3, -0.25) is 0 Å². The maximum atomic E-state index is 6.03. The number of ether oxygens (including phenoxy) is 1. The van der Waals surface area contributed by atoms with Gasteiger partial charge in [0.2, 0.25) is 0 Å². The summed E-state index contributed by atoms with van der Waals surface area (Å²) in [5.74, 6) is 2.27. The van der Waals surface area contributed by atoms with Crippen LogP contribution >= 0.6 is 11.6 Å². The molecule has 0 radical (unpaired) electrons. The highest BCUT2D eigenvalue weighted by molar-refractivity contribution is 6.16. The number of hydrogen-bond acceptors (Lipinski definition) is 2. The largest absolute Gasteiger partial charge is 0.494 e. The van der Waals surface area contributed by atoms with Crippen molar-refractivity contribution in [3.8, 4) is 5.75 Å². The molecule has 0 bridgehead atoms. The van der Waals surface area contributed by atoms with Gasteiger partial charge in [-0.25, -0.2) is 4.98 Å². The van der Waals surface area contributed by atoms with Gasteiger partial charge in [-0.1, -0.05) is 26.2 Å². The Morgan fingerprint density at radius 2 is 2.05 bits per heavy atom. The number of rotatable bonds is 8. The topological polar surface area (TPSA) is 27.1 Å². The van der Waals surface area contributed by atoms with Crippen LogP contribution in [-0.2, 0) is 12.4 Å². The zero-order chi connectivity index (χ0) is 14.4. The third-order valence-corrected chi connectivity index (χ3v) is 3.70. The maximum Gasteiger partial charge on any atom is 0.124 e. The summed E-state index contributed by atoms with van der Waals surface area (Å²) in [5, 5.41) is 0.